The summed E-state index contributed by atoms with van der Waals surface area (Å²) in [6, 6.07) is 8.22. The molecule has 0 bridgehead atoms. The van der Waals surface area contributed by atoms with Crippen molar-refractivity contribution in [1.29, 1.82) is 0 Å². The first-order chi connectivity index (χ1) is 7.36. The quantitative estimate of drug-likeness (QED) is 0.652. The minimum atomic E-state index is 0.487. The van der Waals surface area contributed by atoms with Crippen molar-refractivity contribution in [3.8, 4) is 11.3 Å². The topological polar surface area (TPSA) is 25.8 Å². The van der Waals surface area contributed by atoms with Crippen molar-refractivity contribution in [2.24, 2.45) is 0 Å². The molecule has 0 unspecified atom stereocenters. The number of rotatable bonds is 1. The van der Waals surface area contributed by atoms with E-state index in [4.69, 9.17) is 11.6 Å². The fourth-order valence-electron chi connectivity index (χ4n) is 1.52. The van der Waals surface area contributed by atoms with Gasteiger partial charge in [0.1, 0.15) is 5.69 Å². The predicted octanol–water partition coefficient (Wildman–Crippen LogP) is 4.07. The zero-order chi connectivity index (χ0) is 10.3. The first-order valence-electron chi connectivity index (χ1n) is 4.31. The van der Waals surface area contributed by atoms with E-state index in [0.29, 0.717) is 5.15 Å². The van der Waals surface area contributed by atoms with Crippen LogP contribution in [0, 0.1) is 0 Å². The number of fused-ring (bicyclic) bond motifs is 1. The highest BCUT2D eigenvalue weighted by Crippen LogP contribution is 2.34. The van der Waals surface area contributed by atoms with Gasteiger partial charge in [-0.05, 0) is 16.8 Å². The molecule has 0 amide bonds. The first-order valence-corrected chi connectivity index (χ1v) is 6.30. The Balaban J connectivity index is 2.36. The molecule has 0 aliphatic carbocycles. The zero-order valence-corrected chi connectivity index (χ0v) is 9.86. The lowest BCUT2D eigenvalue weighted by Gasteiger charge is -1.98. The van der Waals surface area contributed by atoms with Crippen LogP contribution in [0.3, 0.4) is 0 Å². The molecule has 3 rings (SSSR count). The van der Waals surface area contributed by atoms with Gasteiger partial charge in [0.25, 0.3) is 0 Å². The zero-order valence-electron chi connectivity index (χ0n) is 7.48. The molecule has 0 saturated carbocycles. The van der Waals surface area contributed by atoms with E-state index in [1.807, 2.05) is 12.1 Å². The second-order valence-electron chi connectivity index (χ2n) is 3.05. The maximum atomic E-state index is 5.98. The monoisotopic (exact) mass is 252 g/mol. The summed E-state index contributed by atoms with van der Waals surface area (Å²) in [4.78, 5) is 0. The van der Waals surface area contributed by atoms with E-state index in [-0.39, 0.29) is 0 Å². The molecule has 0 aliphatic heterocycles. The number of thiophene rings is 1. The fourth-order valence-corrected chi connectivity index (χ4v) is 3.18. The van der Waals surface area contributed by atoms with Crippen molar-refractivity contribution in [3.05, 3.63) is 34.8 Å². The Morgan fingerprint density at radius 2 is 2.07 bits per heavy atom. The Morgan fingerprint density at radius 3 is 2.87 bits per heavy atom. The van der Waals surface area contributed by atoms with Gasteiger partial charge in [-0.2, -0.15) is 8.75 Å². The molecule has 0 radical (unpaired) electrons. The summed E-state index contributed by atoms with van der Waals surface area (Å²) < 4.78 is 9.42. The van der Waals surface area contributed by atoms with E-state index in [1.54, 1.807) is 11.3 Å². The van der Waals surface area contributed by atoms with Crippen LogP contribution < -0.4 is 0 Å². The van der Waals surface area contributed by atoms with E-state index in [9.17, 15) is 0 Å². The molecule has 2 heterocycles. The van der Waals surface area contributed by atoms with Gasteiger partial charge in [0.2, 0.25) is 0 Å². The van der Waals surface area contributed by atoms with Gasteiger partial charge in [-0.3, -0.25) is 0 Å². The molecule has 2 nitrogen and oxygen atoms in total. The Bertz CT molecular complexity index is 614. The van der Waals surface area contributed by atoms with Gasteiger partial charge in [-0.1, -0.05) is 29.8 Å². The second kappa shape index (κ2) is 3.56. The van der Waals surface area contributed by atoms with Crippen molar-refractivity contribution < 1.29 is 0 Å². The minimum absolute atomic E-state index is 0.487. The van der Waals surface area contributed by atoms with Gasteiger partial charge in [0.05, 0.1) is 11.7 Å². The van der Waals surface area contributed by atoms with Gasteiger partial charge in [0.15, 0.2) is 5.15 Å². The van der Waals surface area contributed by atoms with E-state index >= 15 is 0 Å². The van der Waals surface area contributed by atoms with Gasteiger partial charge < -0.3 is 0 Å². The average molecular weight is 253 g/mol. The largest absolute Gasteiger partial charge is 0.171 e. The number of nitrogens with zero attached hydrogens (tertiary/aromatic N) is 2. The van der Waals surface area contributed by atoms with Crippen molar-refractivity contribution in [2.75, 3.05) is 0 Å². The fraction of sp³-hybridized carbons (Fsp3) is 0. The molecule has 15 heavy (non-hydrogen) atoms. The summed E-state index contributed by atoms with van der Waals surface area (Å²) in [5.74, 6) is 0. The van der Waals surface area contributed by atoms with Crippen LogP contribution in [0.2, 0.25) is 5.15 Å². The van der Waals surface area contributed by atoms with Gasteiger partial charge >= 0.3 is 0 Å². The van der Waals surface area contributed by atoms with E-state index in [2.05, 4.69) is 26.3 Å². The summed E-state index contributed by atoms with van der Waals surface area (Å²) in [6.45, 7) is 0. The summed E-state index contributed by atoms with van der Waals surface area (Å²) in [5, 5.41) is 3.78. The maximum Gasteiger partial charge on any atom is 0.170 e. The summed E-state index contributed by atoms with van der Waals surface area (Å²) >= 11 is 8.83. The van der Waals surface area contributed by atoms with Crippen LogP contribution in [-0.4, -0.2) is 8.75 Å². The van der Waals surface area contributed by atoms with Gasteiger partial charge in [0, 0.05) is 10.3 Å². The Morgan fingerprint density at radius 1 is 1.13 bits per heavy atom. The van der Waals surface area contributed by atoms with Crippen molar-refractivity contribution in [1.82, 2.24) is 8.75 Å². The lowest BCUT2D eigenvalue weighted by atomic mass is 10.1. The Labute approximate surface area is 99.5 Å². The highest BCUT2D eigenvalue weighted by Gasteiger charge is 2.11. The highest BCUT2D eigenvalue weighted by molar-refractivity contribution is 7.17. The summed E-state index contributed by atoms with van der Waals surface area (Å²) in [5.41, 5.74) is 1.86. The van der Waals surface area contributed by atoms with E-state index in [0.717, 1.165) is 23.0 Å². The normalized spacial score (nSPS) is 11.0. The first kappa shape index (κ1) is 9.27. The molecule has 0 spiro atoms. The van der Waals surface area contributed by atoms with Crippen LogP contribution in [0.15, 0.2) is 29.6 Å². The van der Waals surface area contributed by atoms with E-state index < -0.39 is 0 Å². The maximum absolute atomic E-state index is 5.98. The minimum Gasteiger partial charge on any atom is -0.171 e. The molecule has 3 aromatic rings. The van der Waals surface area contributed by atoms with Crippen molar-refractivity contribution >= 4 is 44.8 Å². The van der Waals surface area contributed by atoms with Crippen molar-refractivity contribution in [2.45, 2.75) is 0 Å². The summed E-state index contributed by atoms with van der Waals surface area (Å²) in [6.07, 6.45) is 0. The molecule has 0 saturated heterocycles. The molecule has 0 fully saturated rings. The standard InChI is InChI=1S/C10H5ClN2S2/c11-10-8(12-15-13-10)7-3-1-2-6-4-5-14-9(6)7/h1-5H. The van der Waals surface area contributed by atoms with Crippen LogP contribution >= 0.6 is 34.7 Å². The smallest absolute Gasteiger partial charge is 0.170 e. The number of aromatic nitrogens is 2. The lowest BCUT2D eigenvalue weighted by molar-refractivity contribution is 1.52. The molecule has 0 aliphatic rings. The third-order valence-corrected chi connectivity index (χ3v) is 4.04. The molecule has 74 valence electrons. The summed E-state index contributed by atoms with van der Waals surface area (Å²) in [7, 11) is 0. The SMILES string of the molecule is Clc1nsnc1-c1cccc2ccsc12. The number of halogens is 1. The van der Waals surface area contributed by atoms with Crippen LogP contribution in [0.5, 0.6) is 0 Å². The lowest BCUT2D eigenvalue weighted by Crippen LogP contribution is -1.78. The van der Waals surface area contributed by atoms with Gasteiger partial charge in [-0.15, -0.1) is 11.3 Å². The molecule has 2 aromatic heterocycles. The molecule has 0 N–H and O–H groups in total. The number of hydrogen-bond donors (Lipinski definition) is 0. The molecule has 5 heteroatoms. The van der Waals surface area contributed by atoms with E-state index in [1.165, 1.54) is 10.1 Å². The van der Waals surface area contributed by atoms with Crippen LogP contribution in [0.4, 0.5) is 0 Å². The van der Waals surface area contributed by atoms with Gasteiger partial charge in [-0.25, -0.2) is 0 Å². The molecule has 1 aromatic carbocycles. The Kier molecular flexibility index (Phi) is 2.20. The van der Waals surface area contributed by atoms with Crippen LogP contribution in [-0.2, 0) is 0 Å². The second-order valence-corrected chi connectivity index (χ2v) is 4.85. The third-order valence-electron chi connectivity index (χ3n) is 2.18. The van der Waals surface area contributed by atoms with Crippen molar-refractivity contribution in [3.63, 3.8) is 0 Å². The predicted molar refractivity (Wildman–Crippen MR) is 65.7 cm³/mol. The molecular weight excluding hydrogens is 248 g/mol. The highest BCUT2D eigenvalue weighted by atomic mass is 35.5. The van der Waals surface area contributed by atoms with Crippen LogP contribution in [0.25, 0.3) is 21.3 Å². The molecule has 0 atom stereocenters. The Hall–Kier alpha value is -0.970. The molecular formula is C10H5ClN2S2. The third kappa shape index (κ3) is 1.45. The average Bonchev–Trinajstić information content (AvgIpc) is 2.85. The number of benzene rings is 1. The van der Waals surface area contributed by atoms with Crippen LogP contribution in [0.1, 0.15) is 0 Å². The number of hydrogen-bond acceptors (Lipinski definition) is 4.